The van der Waals surface area contributed by atoms with E-state index in [4.69, 9.17) is 0 Å². The summed E-state index contributed by atoms with van der Waals surface area (Å²) in [6.45, 7) is 3.09. The van der Waals surface area contributed by atoms with Gasteiger partial charge in [0.05, 0.1) is 11.7 Å². The monoisotopic (exact) mass is 474 g/mol. The molecule has 1 aromatic heterocycles. The largest absolute Gasteiger partial charge is 0.322 e. The fourth-order valence-corrected chi connectivity index (χ4v) is 5.81. The first-order valence-corrected chi connectivity index (χ1v) is 10.8. The number of hydrogen-bond donors (Lipinski definition) is 1. The highest BCUT2D eigenvalue weighted by Gasteiger charge is 2.54. The fraction of sp³-hybridized carbons (Fsp3) is 0.429. The lowest BCUT2D eigenvalue weighted by atomic mass is 9.75. The molecule has 4 aliphatic heterocycles. The van der Waals surface area contributed by atoms with Gasteiger partial charge in [-0.1, -0.05) is 18.2 Å². The summed E-state index contributed by atoms with van der Waals surface area (Å²) in [7, 11) is 0. The minimum absolute atomic E-state index is 0.0363. The predicted octanol–water partition coefficient (Wildman–Crippen LogP) is 3.78. The van der Waals surface area contributed by atoms with Crippen LogP contribution < -0.4 is 5.32 Å². The van der Waals surface area contributed by atoms with Crippen LogP contribution >= 0.6 is 22.6 Å². The molecule has 27 heavy (non-hydrogen) atoms. The van der Waals surface area contributed by atoms with Crippen LogP contribution in [0.1, 0.15) is 24.3 Å². The maximum atomic E-state index is 13.3. The molecule has 140 valence electrons. The van der Waals surface area contributed by atoms with Crippen molar-refractivity contribution in [1.29, 1.82) is 0 Å². The van der Waals surface area contributed by atoms with Gasteiger partial charge in [-0.15, -0.1) is 0 Å². The molecule has 4 saturated heterocycles. The van der Waals surface area contributed by atoms with Gasteiger partial charge in [0.1, 0.15) is 0 Å². The second kappa shape index (κ2) is 7.05. The quantitative estimate of drug-likeness (QED) is 0.675. The molecule has 5 heterocycles. The van der Waals surface area contributed by atoms with Gasteiger partial charge in [0.15, 0.2) is 0 Å². The molecule has 0 spiro atoms. The minimum Gasteiger partial charge on any atom is -0.319 e. The molecule has 2 aromatic rings. The van der Waals surface area contributed by atoms with E-state index in [-0.39, 0.29) is 6.03 Å². The van der Waals surface area contributed by atoms with Crippen molar-refractivity contribution >= 4 is 34.3 Å². The van der Waals surface area contributed by atoms with Gasteiger partial charge in [0, 0.05) is 34.5 Å². The summed E-state index contributed by atoms with van der Waals surface area (Å²) in [5.74, 6) is 0.953. The van der Waals surface area contributed by atoms with Crippen LogP contribution in [0.4, 0.5) is 10.5 Å². The van der Waals surface area contributed by atoms with Gasteiger partial charge in [0.2, 0.25) is 0 Å². The van der Waals surface area contributed by atoms with Crippen molar-refractivity contribution in [2.45, 2.75) is 30.8 Å². The Labute approximate surface area is 173 Å². The average Bonchev–Trinajstić information content (AvgIpc) is 3.14. The Morgan fingerprint density at radius 3 is 2.67 bits per heavy atom. The summed E-state index contributed by atoms with van der Waals surface area (Å²) in [5, 5.41) is 3.16. The number of carbonyl (C=O) groups excluding carboxylic acids is 1. The standard InChI is InChI=1S/C21H23IN4O/c22-17-5-1-2-6-18(17)24-21(27)26-13-16(15-4-3-9-23-12-15)20-19(26)14-7-10-25(20)11-8-14/h1-6,9,12,14,16,19-20H,7-8,10-11,13H2,(H,24,27). The Hall–Kier alpha value is -1.67. The highest BCUT2D eigenvalue weighted by atomic mass is 127. The van der Waals surface area contributed by atoms with E-state index in [0.29, 0.717) is 23.9 Å². The Kier molecular flexibility index (Phi) is 4.55. The molecule has 4 aliphatic rings. The third-order valence-corrected chi connectivity index (χ3v) is 7.42. The molecule has 3 atom stereocenters. The molecule has 0 aliphatic carbocycles. The van der Waals surface area contributed by atoms with Crippen LogP contribution in [0.2, 0.25) is 0 Å². The first-order valence-electron chi connectivity index (χ1n) is 9.68. The van der Waals surface area contributed by atoms with Gasteiger partial charge in [0.25, 0.3) is 0 Å². The van der Waals surface area contributed by atoms with Crippen LogP contribution in [0.25, 0.3) is 0 Å². The number of hydrogen-bond acceptors (Lipinski definition) is 3. The van der Waals surface area contributed by atoms with Gasteiger partial charge in [-0.05, 0) is 78.2 Å². The molecule has 2 amide bonds. The summed E-state index contributed by atoms with van der Waals surface area (Å²) in [6, 6.07) is 12.9. The molecular weight excluding hydrogens is 451 g/mol. The average molecular weight is 474 g/mol. The zero-order valence-corrected chi connectivity index (χ0v) is 17.2. The minimum atomic E-state index is 0.0363. The van der Waals surface area contributed by atoms with Crippen LogP contribution in [0.5, 0.6) is 0 Å². The van der Waals surface area contributed by atoms with E-state index in [1.807, 2.05) is 42.7 Å². The molecule has 0 radical (unpaired) electrons. The van der Waals surface area contributed by atoms with Gasteiger partial charge >= 0.3 is 6.03 Å². The zero-order chi connectivity index (χ0) is 18.4. The summed E-state index contributed by atoms with van der Waals surface area (Å²) in [5.41, 5.74) is 2.15. The maximum Gasteiger partial charge on any atom is 0.322 e. The van der Waals surface area contributed by atoms with Gasteiger partial charge < -0.3 is 10.2 Å². The Bertz CT molecular complexity index is 837. The third-order valence-electron chi connectivity index (χ3n) is 6.48. The molecule has 1 N–H and O–H groups in total. The van der Waals surface area contributed by atoms with Crippen LogP contribution in [0, 0.1) is 9.49 Å². The van der Waals surface area contributed by atoms with Crippen molar-refractivity contribution < 1.29 is 4.79 Å². The fourth-order valence-electron chi connectivity index (χ4n) is 5.29. The second-order valence-electron chi connectivity index (χ2n) is 7.81. The molecule has 2 bridgehead atoms. The zero-order valence-electron chi connectivity index (χ0n) is 15.1. The van der Waals surface area contributed by atoms with E-state index in [1.165, 1.54) is 18.4 Å². The van der Waals surface area contributed by atoms with Crippen molar-refractivity contribution in [3.8, 4) is 0 Å². The number of nitrogens with one attached hydrogen (secondary N) is 1. The van der Waals surface area contributed by atoms with Crippen molar-refractivity contribution in [2.24, 2.45) is 5.92 Å². The maximum absolute atomic E-state index is 13.3. The Balaban J connectivity index is 1.45. The summed E-state index contributed by atoms with van der Waals surface area (Å²) in [4.78, 5) is 22.3. The van der Waals surface area contributed by atoms with E-state index in [2.05, 4.69) is 48.8 Å². The van der Waals surface area contributed by atoms with Gasteiger partial charge in [-0.2, -0.15) is 0 Å². The number of nitrogens with zero attached hydrogens (tertiary/aromatic N) is 3. The number of urea groups is 1. The van der Waals surface area contributed by atoms with E-state index in [9.17, 15) is 4.79 Å². The number of para-hydroxylation sites is 1. The first-order chi connectivity index (χ1) is 13.2. The Morgan fingerprint density at radius 2 is 1.93 bits per heavy atom. The summed E-state index contributed by atoms with van der Waals surface area (Å²) in [6.07, 6.45) is 6.21. The van der Waals surface area contributed by atoms with Crippen molar-refractivity contribution in [3.05, 3.63) is 57.9 Å². The lowest BCUT2D eigenvalue weighted by molar-refractivity contribution is 0.00492. The molecule has 1 aromatic carbocycles. The SMILES string of the molecule is O=C(Nc1ccccc1I)N1CC(c2cccnc2)C2C1C1CCN2CC1. The molecule has 3 unspecified atom stereocenters. The number of aromatic nitrogens is 1. The van der Waals surface area contributed by atoms with Crippen molar-refractivity contribution in [1.82, 2.24) is 14.8 Å². The smallest absolute Gasteiger partial charge is 0.319 e. The van der Waals surface area contributed by atoms with Crippen LogP contribution in [-0.4, -0.2) is 52.5 Å². The molecule has 6 heteroatoms. The number of piperidine rings is 3. The number of anilines is 1. The van der Waals surface area contributed by atoms with Crippen molar-refractivity contribution in [2.75, 3.05) is 25.0 Å². The lowest BCUT2D eigenvalue weighted by Crippen LogP contribution is -2.61. The third kappa shape index (κ3) is 3.02. The number of rotatable bonds is 2. The lowest BCUT2D eigenvalue weighted by Gasteiger charge is -2.51. The number of benzene rings is 1. The van der Waals surface area contributed by atoms with E-state index in [0.717, 1.165) is 28.9 Å². The topological polar surface area (TPSA) is 48.5 Å². The van der Waals surface area contributed by atoms with Crippen molar-refractivity contribution in [3.63, 3.8) is 0 Å². The molecule has 0 saturated carbocycles. The Morgan fingerprint density at radius 1 is 1.11 bits per heavy atom. The van der Waals surface area contributed by atoms with Crippen LogP contribution in [-0.2, 0) is 0 Å². The van der Waals surface area contributed by atoms with E-state index >= 15 is 0 Å². The highest BCUT2D eigenvalue weighted by molar-refractivity contribution is 14.1. The molecule has 5 nitrogen and oxygen atoms in total. The van der Waals surface area contributed by atoms with Crippen LogP contribution in [0.3, 0.4) is 0 Å². The number of carbonyl (C=O) groups is 1. The number of amides is 2. The normalized spacial score (nSPS) is 31.6. The van der Waals surface area contributed by atoms with Crippen LogP contribution in [0.15, 0.2) is 48.8 Å². The molecular formula is C21H23IN4O. The number of pyridine rings is 1. The number of halogens is 1. The number of likely N-dealkylation sites (tertiary alicyclic amines) is 1. The van der Waals surface area contributed by atoms with E-state index < -0.39 is 0 Å². The first kappa shape index (κ1) is 17.4. The summed E-state index contributed by atoms with van der Waals surface area (Å²) >= 11 is 2.28. The highest BCUT2D eigenvalue weighted by Crippen LogP contribution is 2.46. The van der Waals surface area contributed by atoms with Gasteiger partial charge in [-0.3, -0.25) is 9.88 Å². The second-order valence-corrected chi connectivity index (χ2v) is 8.97. The number of fused-ring (bicyclic) bond motifs is 2. The molecule has 4 fully saturated rings. The van der Waals surface area contributed by atoms with E-state index in [1.54, 1.807) is 0 Å². The predicted molar refractivity (Wildman–Crippen MR) is 114 cm³/mol. The van der Waals surface area contributed by atoms with Gasteiger partial charge in [-0.25, -0.2) is 4.79 Å². The summed E-state index contributed by atoms with van der Waals surface area (Å²) < 4.78 is 1.07. The molecule has 6 rings (SSSR count).